The summed E-state index contributed by atoms with van der Waals surface area (Å²) < 4.78 is 21.2. The molecule has 1 aromatic heterocycles. The second kappa shape index (κ2) is 9.49. The SMILES string of the molecule is C[C@H](NC(=O)OC(C)(C)C)C1(O)CN(C(=O)c2nn(C)c(=O)cc2Nc2ccc(I)cc2F)C1. The Bertz CT molecular complexity index is 1170. The smallest absolute Gasteiger partial charge is 0.407 e. The number of hydrogen-bond donors (Lipinski definition) is 3. The molecule has 1 aliphatic heterocycles. The van der Waals surface area contributed by atoms with Crippen LogP contribution in [0.25, 0.3) is 0 Å². The van der Waals surface area contributed by atoms with Crippen molar-refractivity contribution in [1.82, 2.24) is 20.0 Å². The maximum atomic E-state index is 14.3. The van der Waals surface area contributed by atoms with Crippen LogP contribution in [0.2, 0.25) is 0 Å². The van der Waals surface area contributed by atoms with Crippen LogP contribution in [0.5, 0.6) is 0 Å². The van der Waals surface area contributed by atoms with E-state index in [1.165, 1.54) is 24.1 Å². The highest BCUT2D eigenvalue weighted by Crippen LogP contribution is 2.29. The largest absolute Gasteiger partial charge is 0.444 e. The van der Waals surface area contributed by atoms with Gasteiger partial charge in [-0.15, -0.1) is 0 Å². The number of aliphatic hydroxyl groups is 1. The molecule has 3 N–H and O–H groups in total. The maximum absolute atomic E-state index is 14.3. The average molecular weight is 587 g/mol. The van der Waals surface area contributed by atoms with E-state index in [9.17, 15) is 23.9 Å². The monoisotopic (exact) mass is 587 g/mol. The first-order valence-corrected chi connectivity index (χ1v) is 11.6. The Kier molecular flexibility index (Phi) is 7.22. The van der Waals surface area contributed by atoms with Crippen LogP contribution in [0.3, 0.4) is 0 Å². The Morgan fingerprint density at radius 1 is 1.26 bits per heavy atom. The lowest BCUT2D eigenvalue weighted by Crippen LogP contribution is -2.71. The molecule has 1 atom stereocenters. The van der Waals surface area contributed by atoms with Gasteiger partial charge in [-0.05, 0) is 68.5 Å². The number of halogens is 2. The number of carbonyl (C=O) groups is 2. The molecule has 2 aromatic rings. The van der Waals surface area contributed by atoms with Crippen molar-refractivity contribution >= 4 is 46.0 Å². The Morgan fingerprint density at radius 3 is 2.50 bits per heavy atom. The molecule has 1 aliphatic rings. The minimum atomic E-state index is -1.37. The summed E-state index contributed by atoms with van der Waals surface area (Å²) in [4.78, 5) is 38.6. The van der Waals surface area contributed by atoms with Gasteiger partial charge in [0.1, 0.15) is 17.0 Å². The number of anilines is 2. The van der Waals surface area contributed by atoms with Crippen molar-refractivity contribution in [2.75, 3.05) is 18.4 Å². The quantitative estimate of drug-likeness (QED) is 0.459. The first-order chi connectivity index (χ1) is 15.7. The zero-order chi connectivity index (χ0) is 25.4. The van der Waals surface area contributed by atoms with Gasteiger partial charge in [0.05, 0.1) is 30.5 Å². The number of ether oxygens (including phenoxy) is 1. The third-order valence-electron chi connectivity index (χ3n) is 5.25. The molecule has 0 aliphatic carbocycles. The molecule has 1 saturated heterocycles. The zero-order valence-corrected chi connectivity index (χ0v) is 21.6. The number of carbonyl (C=O) groups excluding carboxylic acids is 2. The topological polar surface area (TPSA) is 126 Å². The molecule has 3 rings (SSSR count). The lowest BCUT2D eigenvalue weighted by atomic mass is 9.86. The Labute approximate surface area is 209 Å². The predicted octanol–water partition coefficient (Wildman–Crippen LogP) is 2.37. The van der Waals surface area contributed by atoms with Gasteiger partial charge >= 0.3 is 6.09 Å². The number of benzene rings is 1. The number of alkyl carbamates (subject to hydrolysis) is 1. The number of nitrogens with zero attached hydrogens (tertiary/aromatic N) is 3. The van der Waals surface area contributed by atoms with Crippen molar-refractivity contribution in [3.8, 4) is 0 Å². The number of likely N-dealkylation sites (tertiary alicyclic amines) is 1. The van der Waals surface area contributed by atoms with E-state index in [0.29, 0.717) is 3.57 Å². The molecular weight excluding hydrogens is 560 g/mol. The van der Waals surface area contributed by atoms with Crippen molar-refractivity contribution in [2.24, 2.45) is 7.05 Å². The van der Waals surface area contributed by atoms with Gasteiger partial charge in [0.2, 0.25) is 0 Å². The fraction of sp³-hybridized carbons (Fsp3) is 0.455. The van der Waals surface area contributed by atoms with E-state index in [4.69, 9.17) is 4.74 Å². The van der Waals surface area contributed by atoms with Crippen molar-refractivity contribution in [3.05, 3.63) is 49.7 Å². The highest BCUT2D eigenvalue weighted by atomic mass is 127. The molecule has 0 unspecified atom stereocenters. The van der Waals surface area contributed by atoms with E-state index in [-0.39, 0.29) is 30.2 Å². The molecule has 0 saturated carbocycles. The van der Waals surface area contributed by atoms with Crippen LogP contribution >= 0.6 is 22.6 Å². The summed E-state index contributed by atoms with van der Waals surface area (Å²) in [5, 5.41) is 20.3. The molecule has 34 heavy (non-hydrogen) atoms. The molecular formula is C22H27FIN5O5. The van der Waals surface area contributed by atoms with E-state index in [2.05, 4.69) is 15.7 Å². The summed E-state index contributed by atoms with van der Waals surface area (Å²) in [6, 6.07) is 4.95. The number of amides is 2. The summed E-state index contributed by atoms with van der Waals surface area (Å²) >= 11 is 1.97. The molecule has 1 fully saturated rings. The lowest BCUT2D eigenvalue weighted by Gasteiger charge is -2.49. The third kappa shape index (κ3) is 5.84. The summed E-state index contributed by atoms with van der Waals surface area (Å²) in [5.41, 5.74) is -2.52. The number of aryl methyl sites for hydroxylation is 1. The maximum Gasteiger partial charge on any atom is 0.407 e. The third-order valence-corrected chi connectivity index (χ3v) is 5.92. The van der Waals surface area contributed by atoms with Gasteiger partial charge in [-0.3, -0.25) is 9.59 Å². The minimum absolute atomic E-state index is 0.0450. The molecule has 2 amide bonds. The van der Waals surface area contributed by atoms with Gasteiger partial charge in [-0.1, -0.05) is 0 Å². The molecule has 184 valence electrons. The lowest BCUT2D eigenvalue weighted by molar-refractivity contribution is -0.100. The molecule has 1 aromatic carbocycles. The van der Waals surface area contributed by atoms with Crippen LogP contribution in [0.4, 0.5) is 20.6 Å². The Morgan fingerprint density at radius 2 is 1.91 bits per heavy atom. The number of rotatable bonds is 5. The molecule has 0 radical (unpaired) electrons. The van der Waals surface area contributed by atoms with Gasteiger partial charge in [0.25, 0.3) is 11.5 Å². The van der Waals surface area contributed by atoms with Gasteiger partial charge in [-0.2, -0.15) is 5.10 Å². The van der Waals surface area contributed by atoms with Gasteiger partial charge in [-0.25, -0.2) is 13.9 Å². The summed E-state index contributed by atoms with van der Waals surface area (Å²) in [7, 11) is 1.40. The van der Waals surface area contributed by atoms with Crippen molar-refractivity contribution < 1.29 is 23.8 Å². The number of nitrogens with one attached hydrogen (secondary N) is 2. The number of β-amino-alcohol motifs (C(OH)–C–C–N with tert-alkyl or cyclic N) is 1. The predicted molar refractivity (Wildman–Crippen MR) is 132 cm³/mol. The highest BCUT2D eigenvalue weighted by molar-refractivity contribution is 14.1. The van der Waals surface area contributed by atoms with Gasteiger partial charge in [0, 0.05) is 16.7 Å². The first kappa shape index (κ1) is 25.9. The summed E-state index contributed by atoms with van der Waals surface area (Å²) in [6.45, 7) is 6.63. The van der Waals surface area contributed by atoms with Gasteiger partial charge in [0.15, 0.2) is 5.69 Å². The van der Waals surface area contributed by atoms with Gasteiger partial charge < -0.3 is 25.4 Å². The van der Waals surface area contributed by atoms with E-state index in [1.807, 2.05) is 22.6 Å². The number of aromatic nitrogens is 2. The summed E-state index contributed by atoms with van der Waals surface area (Å²) in [6.07, 6.45) is -0.677. The van der Waals surface area contributed by atoms with Crippen LogP contribution in [0.15, 0.2) is 29.1 Å². The minimum Gasteiger partial charge on any atom is -0.444 e. The fourth-order valence-corrected chi connectivity index (χ4v) is 3.78. The second-order valence-corrected chi connectivity index (χ2v) is 10.5. The highest BCUT2D eigenvalue weighted by Gasteiger charge is 2.49. The van der Waals surface area contributed by atoms with Crippen LogP contribution in [-0.2, 0) is 11.8 Å². The van der Waals surface area contributed by atoms with Crippen molar-refractivity contribution in [1.29, 1.82) is 0 Å². The van der Waals surface area contributed by atoms with E-state index in [0.717, 1.165) is 10.7 Å². The normalized spacial score (nSPS) is 15.8. The average Bonchev–Trinajstić information content (AvgIpc) is 2.68. The van der Waals surface area contributed by atoms with Crippen LogP contribution in [0, 0.1) is 9.39 Å². The molecule has 0 spiro atoms. The van der Waals surface area contributed by atoms with Crippen molar-refractivity contribution in [2.45, 2.75) is 44.9 Å². The van der Waals surface area contributed by atoms with E-state index in [1.54, 1.807) is 33.8 Å². The second-order valence-electron chi connectivity index (χ2n) is 9.25. The standard InChI is InChI=1S/C22H27FIN5O5/c1-12(25-20(32)34-21(2,3)4)22(33)10-29(11-22)19(31)18-16(9-17(30)28(5)27-18)26-15-7-6-13(24)8-14(15)23/h6-9,12,26,33H,10-11H2,1-5H3,(H,25,32)/t12-/m0/s1. The molecule has 12 heteroatoms. The number of hydrogen-bond acceptors (Lipinski definition) is 7. The zero-order valence-electron chi connectivity index (χ0n) is 19.5. The Hall–Kier alpha value is -2.74. The molecule has 10 nitrogen and oxygen atoms in total. The van der Waals surface area contributed by atoms with E-state index < -0.39 is 40.6 Å². The Balaban J connectivity index is 1.76. The summed E-state index contributed by atoms with van der Waals surface area (Å²) in [5.74, 6) is -1.11. The fourth-order valence-electron chi connectivity index (χ4n) is 3.33. The van der Waals surface area contributed by atoms with E-state index >= 15 is 0 Å². The van der Waals surface area contributed by atoms with Crippen LogP contribution in [0.1, 0.15) is 38.2 Å². The van der Waals surface area contributed by atoms with Crippen LogP contribution in [-0.4, -0.2) is 62.1 Å². The first-order valence-electron chi connectivity index (χ1n) is 10.5. The van der Waals surface area contributed by atoms with Crippen molar-refractivity contribution in [3.63, 3.8) is 0 Å². The van der Waals surface area contributed by atoms with Crippen LogP contribution < -0.4 is 16.2 Å². The molecule has 0 bridgehead atoms. The molecule has 2 heterocycles.